The van der Waals surface area contributed by atoms with Gasteiger partial charge in [0.2, 0.25) is 0 Å². The molecule has 0 heterocycles. The first-order chi connectivity index (χ1) is 7.99. The summed E-state index contributed by atoms with van der Waals surface area (Å²) in [4.78, 5) is 11.6. The van der Waals surface area contributed by atoms with Gasteiger partial charge in [0.25, 0.3) is 0 Å². The van der Waals surface area contributed by atoms with E-state index in [9.17, 15) is 9.90 Å². The predicted molar refractivity (Wildman–Crippen MR) is 65.6 cm³/mol. The van der Waals surface area contributed by atoms with E-state index in [0.717, 1.165) is 0 Å². The highest BCUT2D eigenvalue weighted by Crippen LogP contribution is 2.23. The van der Waals surface area contributed by atoms with Gasteiger partial charge in [0.05, 0.1) is 24.8 Å². The molecule has 4 heteroatoms. The topological polar surface area (TPSA) is 72.5 Å². The summed E-state index contributed by atoms with van der Waals surface area (Å²) >= 11 is 0. The minimum Gasteiger partial charge on any atom is -0.465 e. The second kappa shape index (κ2) is 5.80. The lowest BCUT2D eigenvalue weighted by atomic mass is 9.91. The van der Waals surface area contributed by atoms with Gasteiger partial charge in [0.1, 0.15) is 0 Å². The van der Waals surface area contributed by atoms with Crippen molar-refractivity contribution in [2.75, 3.05) is 7.11 Å². The van der Waals surface area contributed by atoms with E-state index in [1.165, 1.54) is 7.11 Å². The summed E-state index contributed by atoms with van der Waals surface area (Å²) in [5.41, 5.74) is 6.99. The molecule has 0 saturated carbocycles. The second-order valence-corrected chi connectivity index (χ2v) is 4.34. The molecule has 94 valence electrons. The van der Waals surface area contributed by atoms with Crippen molar-refractivity contribution in [3.63, 3.8) is 0 Å². The fourth-order valence-corrected chi connectivity index (χ4v) is 1.68. The molecule has 1 aromatic rings. The Balaban J connectivity index is 3.09. The zero-order chi connectivity index (χ0) is 13.0. The third-order valence-corrected chi connectivity index (χ3v) is 2.78. The first-order valence-corrected chi connectivity index (χ1v) is 5.60. The van der Waals surface area contributed by atoms with Crippen molar-refractivity contribution >= 4 is 5.97 Å². The van der Waals surface area contributed by atoms with Crippen LogP contribution in [0.25, 0.3) is 0 Å². The standard InChI is InChI=1S/C13H19NO3/c1-8(2)12(15)11(14)9-6-4-5-7-10(9)13(16)17-3/h4-8,11-12,15H,14H2,1-3H3/t11-,12+/m1/s1. The van der Waals surface area contributed by atoms with Gasteiger partial charge in [-0.3, -0.25) is 0 Å². The van der Waals surface area contributed by atoms with Crippen LogP contribution in [0.3, 0.4) is 0 Å². The fraction of sp³-hybridized carbons (Fsp3) is 0.462. The van der Waals surface area contributed by atoms with Gasteiger partial charge in [-0.1, -0.05) is 32.0 Å². The van der Waals surface area contributed by atoms with Gasteiger partial charge in [0.15, 0.2) is 0 Å². The molecule has 17 heavy (non-hydrogen) atoms. The van der Waals surface area contributed by atoms with Crippen LogP contribution in [-0.2, 0) is 4.74 Å². The molecule has 0 aromatic heterocycles. The molecule has 0 spiro atoms. The number of nitrogens with two attached hydrogens (primary N) is 1. The monoisotopic (exact) mass is 237 g/mol. The van der Waals surface area contributed by atoms with Crippen LogP contribution in [0.5, 0.6) is 0 Å². The van der Waals surface area contributed by atoms with E-state index in [0.29, 0.717) is 11.1 Å². The highest BCUT2D eigenvalue weighted by atomic mass is 16.5. The summed E-state index contributed by atoms with van der Waals surface area (Å²) in [7, 11) is 1.32. The minimum absolute atomic E-state index is 0.0238. The maximum absolute atomic E-state index is 11.6. The number of rotatable bonds is 4. The Hall–Kier alpha value is -1.39. The normalized spacial score (nSPS) is 14.5. The molecule has 0 fully saturated rings. The van der Waals surface area contributed by atoms with Gasteiger partial charge in [-0.05, 0) is 17.5 Å². The number of ether oxygens (including phenoxy) is 1. The average Bonchev–Trinajstić information content (AvgIpc) is 2.35. The molecular formula is C13H19NO3. The zero-order valence-electron chi connectivity index (χ0n) is 10.4. The Bertz CT molecular complexity index is 390. The van der Waals surface area contributed by atoms with Crippen molar-refractivity contribution < 1.29 is 14.6 Å². The summed E-state index contributed by atoms with van der Waals surface area (Å²) in [6.07, 6.45) is -0.694. The Kier molecular flexibility index (Phi) is 4.66. The summed E-state index contributed by atoms with van der Waals surface area (Å²) < 4.78 is 4.69. The van der Waals surface area contributed by atoms with Crippen LogP contribution < -0.4 is 5.73 Å². The van der Waals surface area contributed by atoms with E-state index in [1.54, 1.807) is 24.3 Å². The van der Waals surface area contributed by atoms with Gasteiger partial charge < -0.3 is 15.6 Å². The molecule has 4 nitrogen and oxygen atoms in total. The number of aliphatic hydroxyl groups is 1. The van der Waals surface area contributed by atoms with Crippen molar-refractivity contribution in [3.05, 3.63) is 35.4 Å². The molecule has 0 saturated heterocycles. The van der Waals surface area contributed by atoms with Crippen molar-refractivity contribution in [1.29, 1.82) is 0 Å². The Morgan fingerprint density at radius 1 is 1.35 bits per heavy atom. The SMILES string of the molecule is COC(=O)c1ccccc1[C@@H](N)[C@@H](O)C(C)C. The van der Waals surface area contributed by atoms with E-state index in [4.69, 9.17) is 10.5 Å². The van der Waals surface area contributed by atoms with Crippen molar-refractivity contribution in [3.8, 4) is 0 Å². The van der Waals surface area contributed by atoms with Gasteiger partial charge in [0, 0.05) is 0 Å². The van der Waals surface area contributed by atoms with E-state index < -0.39 is 18.1 Å². The number of carbonyl (C=O) groups is 1. The van der Waals surface area contributed by atoms with Crippen LogP contribution in [0.1, 0.15) is 35.8 Å². The molecule has 3 N–H and O–H groups in total. The molecule has 0 aliphatic heterocycles. The van der Waals surface area contributed by atoms with Crippen LogP contribution >= 0.6 is 0 Å². The van der Waals surface area contributed by atoms with Crippen LogP contribution in [0.4, 0.5) is 0 Å². The van der Waals surface area contributed by atoms with Gasteiger partial charge in [-0.15, -0.1) is 0 Å². The van der Waals surface area contributed by atoms with Crippen molar-refractivity contribution in [2.45, 2.75) is 26.0 Å². The minimum atomic E-state index is -0.694. The number of methoxy groups -OCH3 is 1. The highest BCUT2D eigenvalue weighted by molar-refractivity contribution is 5.91. The third-order valence-electron chi connectivity index (χ3n) is 2.78. The number of esters is 1. The van der Waals surface area contributed by atoms with E-state index >= 15 is 0 Å². The molecule has 2 atom stereocenters. The molecule has 0 unspecified atom stereocenters. The summed E-state index contributed by atoms with van der Waals surface area (Å²) in [6.45, 7) is 3.76. The predicted octanol–water partition coefficient (Wildman–Crippen LogP) is 1.49. The molecular weight excluding hydrogens is 218 g/mol. The van der Waals surface area contributed by atoms with Crippen LogP contribution in [0.2, 0.25) is 0 Å². The lowest BCUT2D eigenvalue weighted by Gasteiger charge is -2.23. The summed E-state index contributed by atoms with van der Waals surface area (Å²) in [5, 5.41) is 9.95. The highest BCUT2D eigenvalue weighted by Gasteiger charge is 2.24. The molecule has 0 bridgehead atoms. The molecule has 0 amide bonds. The number of hydrogen-bond donors (Lipinski definition) is 2. The largest absolute Gasteiger partial charge is 0.465 e. The van der Waals surface area contributed by atoms with E-state index in [-0.39, 0.29) is 5.92 Å². The van der Waals surface area contributed by atoms with E-state index in [1.807, 2.05) is 13.8 Å². The summed E-state index contributed by atoms with van der Waals surface area (Å²) in [6, 6.07) is 6.32. The number of benzene rings is 1. The molecule has 1 aromatic carbocycles. The number of carbonyl (C=O) groups excluding carboxylic acids is 1. The molecule has 0 aliphatic carbocycles. The lowest BCUT2D eigenvalue weighted by molar-refractivity contribution is 0.0593. The Morgan fingerprint density at radius 2 is 1.94 bits per heavy atom. The lowest BCUT2D eigenvalue weighted by Crippen LogP contribution is -2.31. The van der Waals surface area contributed by atoms with Crippen LogP contribution in [-0.4, -0.2) is 24.3 Å². The van der Waals surface area contributed by atoms with Crippen molar-refractivity contribution in [2.24, 2.45) is 11.7 Å². The fourth-order valence-electron chi connectivity index (χ4n) is 1.68. The quantitative estimate of drug-likeness (QED) is 0.778. The average molecular weight is 237 g/mol. The number of aliphatic hydroxyl groups excluding tert-OH is 1. The molecule has 1 rings (SSSR count). The first kappa shape index (κ1) is 13.7. The maximum Gasteiger partial charge on any atom is 0.338 e. The summed E-state index contributed by atoms with van der Waals surface area (Å²) in [5.74, 6) is -0.414. The van der Waals surface area contributed by atoms with Gasteiger partial charge >= 0.3 is 5.97 Å². The van der Waals surface area contributed by atoms with Gasteiger partial charge in [-0.25, -0.2) is 4.79 Å². The van der Waals surface area contributed by atoms with E-state index in [2.05, 4.69) is 0 Å². The second-order valence-electron chi connectivity index (χ2n) is 4.34. The number of hydrogen-bond acceptors (Lipinski definition) is 4. The van der Waals surface area contributed by atoms with Crippen LogP contribution in [0.15, 0.2) is 24.3 Å². The molecule has 0 aliphatic rings. The third kappa shape index (κ3) is 3.05. The smallest absolute Gasteiger partial charge is 0.338 e. The first-order valence-electron chi connectivity index (χ1n) is 5.60. The molecule has 0 radical (unpaired) electrons. The van der Waals surface area contributed by atoms with Crippen LogP contribution in [0, 0.1) is 5.92 Å². The Labute approximate surface area is 101 Å². The van der Waals surface area contributed by atoms with Crippen molar-refractivity contribution in [1.82, 2.24) is 0 Å². The zero-order valence-corrected chi connectivity index (χ0v) is 10.4. The maximum atomic E-state index is 11.6. The Morgan fingerprint density at radius 3 is 2.47 bits per heavy atom. The van der Waals surface area contributed by atoms with Gasteiger partial charge in [-0.2, -0.15) is 0 Å².